The van der Waals surface area contributed by atoms with E-state index in [2.05, 4.69) is 11.4 Å². The lowest BCUT2D eigenvalue weighted by Crippen LogP contribution is -2.12. The van der Waals surface area contributed by atoms with Gasteiger partial charge in [-0.2, -0.15) is 5.26 Å². The van der Waals surface area contributed by atoms with Crippen LogP contribution in [0.3, 0.4) is 0 Å². The molecule has 2 aromatic rings. The summed E-state index contributed by atoms with van der Waals surface area (Å²) >= 11 is 0. The maximum atomic E-state index is 8.68. The summed E-state index contributed by atoms with van der Waals surface area (Å²) in [4.78, 5) is 0. The number of nitrogens with one attached hydrogen (secondary N) is 1. The van der Waals surface area contributed by atoms with Crippen LogP contribution < -0.4 is 5.32 Å². The molecule has 0 radical (unpaired) electrons. The van der Waals surface area contributed by atoms with Crippen molar-refractivity contribution in [2.45, 2.75) is 20.0 Å². The lowest BCUT2D eigenvalue weighted by molar-refractivity contribution is 0.480. The summed E-state index contributed by atoms with van der Waals surface area (Å²) in [7, 11) is 0. The number of nitriles is 1. The Hall–Kier alpha value is -2.05. The number of rotatable bonds is 4. The molecule has 0 aliphatic heterocycles. The maximum Gasteiger partial charge on any atom is 0.120 e. The summed E-state index contributed by atoms with van der Waals surface area (Å²) in [6.07, 6.45) is 1.70. The molecule has 0 unspecified atom stereocenters. The second-order valence-electron chi connectivity index (χ2n) is 3.94. The third-order valence-corrected chi connectivity index (χ3v) is 2.67. The van der Waals surface area contributed by atoms with Crippen molar-refractivity contribution < 1.29 is 4.42 Å². The number of furan rings is 1. The minimum absolute atomic E-state index is 0.690. The highest BCUT2D eigenvalue weighted by Gasteiger charge is 2.00. The van der Waals surface area contributed by atoms with Gasteiger partial charge in [0.1, 0.15) is 5.76 Å². The van der Waals surface area contributed by atoms with Crippen LogP contribution in [-0.4, -0.2) is 0 Å². The van der Waals surface area contributed by atoms with Gasteiger partial charge in [0.05, 0.1) is 24.4 Å². The van der Waals surface area contributed by atoms with Crippen molar-refractivity contribution in [3.05, 3.63) is 59.0 Å². The Morgan fingerprint density at radius 2 is 1.94 bits per heavy atom. The predicted molar refractivity (Wildman–Crippen MR) is 65.1 cm³/mol. The molecule has 1 aromatic carbocycles. The first-order chi connectivity index (χ1) is 8.29. The van der Waals surface area contributed by atoms with E-state index in [0.29, 0.717) is 5.56 Å². The van der Waals surface area contributed by atoms with Crippen LogP contribution in [0.4, 0.5) is 0 Å². The van der Waals surface area contributed by atoms with E-state index < -0.39 is 0 Å². The van der Waals surface area contributed by atoms with Crippen molar-refractivity contribution >= 4 is 0 Å². The smallest absolute Gasteiger partial charge is 0.120 e. The van der Waals surface area contributed by atoms with Gasteiger partial charge in [-0.05, 0) is 36.2 Å². The highest BCUT2D eigenvalue weighted by atomic mass is 16.3. The lowest BCUT2D eigenvalue weighted by atomic mass is 10.1. The van der Waals surface area contributed by atoms with E-state index in [1.807, 2.05) is 37.3 Å². The zero-order chi connectivity index (χ0) is 12.1. The van der Waals surface area contributed by atoms with Crippen LogP contribution in [0, 0.1) is 18.3 Å². The lowest BCUT2D eigenvalue weighted by Gasteiger charge is -2.03. The topological polar surface area (TPSA) is 49.0 Å². The molecule has 3 nitrogen and oxygen atoms in total. The minimum Gasteiger partial charge on any atom is -0.468 e. The number of hydrogen-bond acceptors (Lipinski definition) is 3. The largest absolute Gasteiger partial charge is 0.468 e. The Bertz CT molecular complexity index is 520. The molecule has 17 heavy (non-hydrogen) atoms. The van der Waals surface area contributed by atoms with E-state index in [0.717, 1.165) is 30.0 Å². The van der Waals surface area contributed by atoms with Crippen LogP contribution in [0.15, 0.2) is 41.0 Å². The van der Waals surface area contributed by atoms with Gasteiger partial charge in [0, 0.05) is 6.54 Å². The summed E-state index contributed by atoms with van der Waals surface area (Å²) in [5.74, 6) is 0.971. The Morgan fingerprint density at radius 3 is 2.53 bits per heavy atom. The molecular weight excluding hydrogens is 212 g/mol. The van der Waals surface area contributed by atoms with Crippen molar-refractivity contribution in [3.63, 3.8) is 0 Å². The van der Waals surface area contributed by atoms with Crippen LogP contribution in [0.25, 0.3) is 0 Å². The average Bonchev–Trinajstić information content (AvgIpc) is 2.76. The van der Waals surface area contributed by atoms with Gasteiger partial charge in [0.25, 0.3) is 0 Å². The van der Waals surface area contributed by atoms with Gasteiger partial charge in [-0.3, -0.25) is 0 Å². The molecule has 1 heterocycles. The van der Waals surface area contributed by atoms with Gasteiger partial charge in [-0.1, -0.05) is 12.1 Å². The summed E-state index contributed by atoms with van der Waals surface area (Å²) in [5.41, 5.74) is 3.01. The standard InChI is InChI=1S/C14H14N2O/c1-11-6-7-17-14(11)10-16-9-13-4-2-12(8-15)3-5-13/h2-7,16H,9-10H2,1H3. The third kappa shape index (κ3) is 2.96. The van der Waals surface area contributed by atoms with Crippen LogP contribution >= 0.6 is 0 Å². The van der Waals surface area contributed by atoms with Crippen LogP contribution in [-0.2, 0) is 13.1 Å². The molecule has 0 saturated heterocycles. The van der Waals surface area contributed by atoms with E-state index in [9.17, 15) is 0 Å². The fourth-order valence-corrected chi connectivity index (χ4v) is 1.60. The fourth-order valence-electron chi connectivity index (χ4n) is 1.60. The molecule has 0 aliphatic rings. The Balaban J connectivity index is 1.86. The first-order valence-corrected chi connectivity index (χ1v) is 5.52. The van der Waals surface area contributed by atoms with Crippen LogP contribution in [0.5, 0.6) is 0 Å². The van der Waals surface area contributed by atoms with Crippen molar-refractivity contribution in [1.82, 2.24) is 5.32 Å². The molecule has 0 saturated carbocycles. The van der Waals surface area contributed by atoms with Crippen LogP contribution in [0.2, 0.25) is 0 Å². The average molecular weight is 226 g/mol. The van der Waals surface area contributed by atoms with Crippen molar-refractivity contribution in [1.29, 1.82) is 5.26 Å². The van der Waals surface area contributed by atoms with E-state index in [1.54, 1.807) is 6.26 Å². The van der Waals surface area contributed by atoms with E-state index >= 15 is 0 Å². The molecule has 86 valence electrons. The van der Waals surface area contributed by atoms with E-state index in [1.165, 1.54) is 0 Å². The molecule has 0 bridgehead atoms. The summed E-state index contributed by atoms with van der Waals surface area (Å²) < 4.78 is 5.33. The molecule has 3 heteroatoms. The molecule has 0 fully saturated rings. The van der Waals surface area contributed by atoms with Crippen molar-refractivity contribution in [2.24, 2.45) is 0 Å². The van der Waals surface area contributed by atoms with E-state index in [-0.39, 0.29) is 0 Å². The first-order valence-electron chi connectivity index (χ1n) is 5.52. The highest BCUT2D eigenvalue weighted by molar-refractivity contribution is 5.31. The number of nitrogens with zero attached hydrogens (tertiary/aromatic N) is 1. The van der Waals surface area contributed by atoms with Gasteiger partial charge in [0.2, 0.25) is 0 Å². The number of aryl methyl sites for hydroxylation is 1. The Morgan fingerprint density at radius 1 is 1.18 bits per heavy atom. The van der Waals surface area contributed by atoms with Crippen molar-refractivity contribution in [3.8, 4) is 6.07 Å². The van der Waals surface area contributed by atoms with Gasteiger partial charge in [0.15, 0.2) is 0 Å². The normalized spacial score (nSPS) is 10.1. The Labute approximate surface area is 101 Å². The predicted octanol–water partition coefficient (Wildman–Crippen LogP) is 2.75. The van der Waals surface area contributed by atoms with Gasteiger partial charge in [-0.25, -0.2) is 0 Å². The molecule has 2 rings (SSSR count). The third-order valence-electron chi connectivity index (χ3n) is 2.67. The van der Waals surface area contributed by atoms with Crippen LogP contribution in [0.1, 0.15) is 22.5 Å². The fraction of sp³-hybridized carbons (Fsp3) is 0.214. The number of benzene rings is 1. The molecule has 0 aliphatic carbocycles. The molecular formula is C14H14N2O. The molecule has 0 spiro atoms. The second kappa shape index (κ2) is 5.33. The van der Waals surface area contributed by atoms with E-state index in [4.69, 9.17) is 9.68 Å². The molecule has 1 aromatic heterocycles. The second-order valence-corrected chi connectivity index (χ2v) is 3.94. The SMILES string of the molecule is Cc1ccoc1CNCc1ccc(C#N)cc1. The van der Waals surface area contributed by atoms with Gasteiger partial charge >= 0.3 is 0 Å². The van der Waals surface area contributed by atoms with Gasteiger partial charge < -0.3 is 9.73 Å². The monoisotopic (exact) mass is 226 g/mol. The molecule has 0 amide bonds. The number of hydrogen-bond donors (Lipinski definition) is 1. The van der Waals surface area contributed by atoms with Crippen molar-refractivity contribution in [2.75, 3.05) is 0 Å². The zero-order valence-corrected chi connectivity index (χ0v) is 9.73. The Kier molecular flexibility index (Phi) is 3.59. The maximum absolute atomic E-state index is 8.68. The first kappa shape index (κ1) is 11.4. The summed E-state index contributed by atoms with van der Waals surface area (Å²) in [6.45, 7) is 3.52. The quantitative estimate of drug-likeness (QED) is 0.872. The minimum atomic E-state index is 0.690. The molecule has 1 N–H and O–H groups in total. The zero-order valence-electron chi connectivity index (χ0n) is 9.73. The van der Waals surface area contributed by atoms with Gasteiger partial charge in [-0.15, -0.1) is 0 Å². The highest BCUT2D eigenvalue weighted by Crippen LogP contribution is 2.08. The summed E-state index contributed by atoms with van der Waals surface area (Å²) in [6, 6.07) is 11.6. The molecule has 0 atom stereocenters. The summed E-state index contributed by atoms with van der Waals surface area (Å²) in [5, 5.41) is 12.0.